The molecule has 2 aromatic heterocycles. The number of ether oxygens (including phenoxy) is 5. The molecule has 7 rings (SSSR count). The maximum Gasteiger partial charge on any atom is 0.348 e. The van der Waals surface area contributed by atoms with Gasteiger partial charge in [0.25, 0.3) is 0 Å². The van der Waals surface area contributed by atoms with Gasteiger partial charge in [-0.2, -0.15) is 0 Å². The van der Waals surface area contributed by atoms with Crippen LogP contribution in [-0.2, 0) is 18.9 Å². The van der Waals surface area contributed by atoms with Crippen LogP contribution in [0.15, 0.2) is 48.8 Å². The van der Waals surface area contributed by atoms with Gasteiger partial charge in [-0.1, -0.05) is 18.2 Å². The van der Waals surface area contributed by atoms with Gasteiger partial charge < -0.3 is 58.1 Å². The van der Waals surface area contributed by atoms with Crippen molar-refractivity contribution in [3.05, 3.63) is 56.7 Å². The van der Waals surface area contributed by atoms with Gasteiger partial charge >= 0.3 is 11.3 Å². The van der Waals surface area contributed by atoms with E-state index in [0.717, 1.165) is 0 Å². The Kier molecular flexibility index (Phi) is 7.45. The average Bonchev–Trinajstić information content (AvgIpc) is 3.02. The Hall–Kier alpha value is -3.86. The first-order chi connectivity index (χ1) is 21.9. The van der Waals surface area contributed by atoms with Gasteiger partial charge in [0, 0.05) is 23.3 Å². The predicted molar refractivity (Wildman–Crippen MR) is 160 cm³/mol. The number of aliphatic hydroxyl groups is 4. The van der Waals surface area contributed by atoms with Crippen LogP contribution in [0.2, 0.25) is 0 Å². The van der Waals surface area contributed by atoms with E-state index in [4.69, 9.17) is 32.5 Å². The molecular formula is C32H32O14. The highest BCUT2D eigenvalue weighted by Gasteiger charge is 2.50. The van der Waals surface area contributed by atoms with E-state index in [-0.39, 0.29) is 43.8 Å². The second kappa shape index (κ2) is 11.1. The van der Waals surface area contributed by atoms with E-state index in [0.29, 0.717) is 10.9 Å². The SMILES string of the molecule is COC1[C@@H](O)C(C)O[C@H](OC2[C@H](Oc3cccc4c(O)c5c(=O)oc6ccc(C)c7c(=O)oc(c34)c5c67)OC(C)[C@H](O)[C@@H]2O)[C@@H]1O. The number of phenolic OH excluding ortho intramolecular Hbond substituents is 1. The minimum absolute atomic E-state index is 0.00746. The molecule has 3 aromatic carbocycles. The first-order valence-corrected chi connectivity index (χ1v) is 14.7. The zero-order valence-electron chi connectivity index (χ0n) is 25.1. The lowest BCUT2D eigenvalue weighted by Gasteiger charge is -2.46. The third-order valence-corrected chi connectivity index (χ3v) is 9.03. The Bertz CT molecular complexity index is 2070. The predicted octanol–water partition coefficient (Wildman–Crippen LogP) is 1.37. The topological polar surface area (TPSA) is 208 Å². The third kappa shape index (κ3) is 4.48. The minimum Gasteiger partial charge on any atom is -0.506 e. The molecule has 2 fully saturated rings. The molecule has 2 aliphatic rings. The van der Waals surface area contributed by atoms with Gasteiger partial charge in [0.15, 0.2) is 18.0 Å². The van der Waals surface area contributed by atoms with E-state index in [1.165, 1.54) is 32.2 Å². The summed E-state index contributed by atoms with van der Waals surface area (Å²) >= 11 is 0. The zero-order valence-corrected chi connectivity index (χ0v) is 25.1. The number of methoxy groups -OCH3 is 1. The molecule has 244 valence electrons. The Morgan fingerprint density at radius 2 is 1.41 bits per heavy atom. The second-order valence-electron chi connectivity index (χ2n) is 11.8. The van der Waals surface area contributed by atoms with Crippen LogP contribution in [0.3, 0.4) is 0 Å². The molecular weight excluding hydrogens is 608 g/mol. The Morgan fingerprint density at radius 1 is 0.717 bits per heavy atom. The number of rotatable bonds is 5. The molecule has 2 aliphatic heterocycles. The summed E-state index contributed by atoms with van der Waals surface area (Å²) in [7, 11) is 1.30. The standard InChI is InChI=1S/C32H32O14/c1-10-8-9-15-18-16(10)29(38)45-26-17-13(23(35)20(19(18)26)30(39)43-15)6-5-7-14(17)44-32-28(24(36)21(33)11(2)42-32)46-31-25(37)27(40-4)22(34)12(3)41-31/h5-9,11-12,21-22,24-25,27-28,31-37H,1-4H3/t11?,12?,21-,22-,24-,25+,27?,28?,31+,32-/m0/s1. The number of hydrogen-bond donors (Lipinski definition) is 5. The largest absolute Gasteiger partial charge is 0.506 e. The number of aryl methyl sites for hydroxylation is 1. The Morgan fingerprint density at radius 3 is 2.15 bits per heavy atom. The molecule has 0 amide bonds. The van der Waals surface area contributed by atoms with Crippen molar-refractivity contribution >= 4 is 43.5 Å². The maximum atomic E-state index is 13.4. The Labute approximate surface area is 259 Å². The molecule has 0 spiro atoms. The number of benzene rings is 3. The summed E-state index contributed by atoms with van der Waals surface area (Å²) in [5.74, 6) is -0.425. The number of fused-ring (bicyclic) bond motifs is 2. The molecule has 4 unspecified atom stereocenters. The van der Waals surface area contributed by atoms with Crippen LogP contribution in [0.5, 0.6) is 11.5 Å². The van der Waals surface area contributed by atoms with Crippen molar-refractivity contribution in [3.8, 4) is 11.5 Å². The molecule has 5 aromatic rings. The van der Waals surface area contributed by atoms with Crippen LogP contribution in [0.1, 0.15) is 19.4 Å². The van der Waals surface area contributed by atoms with Gasteiger partial charge in [-0.05, 0) is 38.5 Å². The van der Waals surface area contributed by atoms with Crippen LogP contribution in [0.25, 0.3) is 43.5 Å². The molecule has 14 nitrogen and oxygen atoms in total. The van der Waals surface area contributed by atoms with Gasteiger partial charge in [0.2, 0.25) is 6.29 Å². The fourth-order valence-corrected chi connectivity index (χ4v) is 6.58. The van der Waals surface area contributed by atoms with Crippen molar-refractivity contribution in [3.63, 3.8) is 0 Å². The van der Waals surface area contributed by atoms with Gasteiger partial charge in [-0.15, -0.1) is 0 Å². The van der Waals surface area contributed by atoms with Crippen molar-refractivity contribution in [1.29, 1.82) is 0 Å². The van der Waals surface area contributed by atoms with Crippen LogP contribution >= 0.6 is 0 Å². The maximum absolute atomic E-state index is 13.4. The van der Waals surface area contributed by atoms with Gasteiger partial charge in [-0.3, -0.25) is 0 Å². The first kappa shape index (κ1) is 30.8. The molecule has 0 aliphatic carbocycles. The summed E-state index contributed by atoms with van der Waals surface area (Å²) in [5, 5.41) is 55.1. The summed E-state index contributed by atoms with van der Waals surface area (Å²) in [6, 6.07) is 7.70. The van der Waals surface area contributed by atoms with Crippen LogP contribution in [0, 0.1) is 6.92 Å². The van der Waals surface area contributed by atoms with Crippen LogP contribution in [-0.4, -0.2) is 94.1 Å². The van der Waals surface area contributed by atoms with Crippen molar-refractivity contribution in [2.75, 3.05) is 7.11 Å². The fourth-order valence-electron chi connectivity index (χ4n) is 6.58. The lowest BCUT2D eigenvalue weighted by Crippen LogP contribution is -2.64. The van der Waals surface area contributed by atoms with Crippen LogP contribution < -0.4 is 16.0 Å². The summed E-state index contributed by atoms with van der Waals surface area (Å²) in [6.07, 6.45) is -13.0. The highest BCUT2D eigenvalue weighted by molar-refractivity contribution is 6.28. The highest BCUT2D eigenvalue weighted by Crippen LogP contribution is 2.45. The summed E-state index contributed by atoms with van der Waals surface area (Å²) in [6.45, 7) is 4.77. The minimum atomic E-state index is -1.60. The highest BCUT2D eigenvalue weighted by atomic mass is 16.8. The van der Waals surface area contributed by atoms with Gasteiger partial charge in [-0.25, -0.2) is 9.59 Å². The second-order valence-corrected chi connectivity index (χ2v) is 11.8. The normalized spacial score (nSPS) is 32.2. The van der Waals surface area contributed by atoms with E-state index in [9.17, 15) is 35.1 Å². The molecule has 4 heterocycles. The first-order valence-electron chi connectivity index (χ1n) is 14.7. The van der Waals surface area contributed by atoms with Crippen LogP contribution in [0.4, 0.5) is 0 Å². The monoisotopic (exact) mass is 640 g/mol. The summed E-state index contributed by atoms with van der Waals surface area (Å²) in [5.41, 5.74) is -0.899. The molecule has 2 saturated heterocycles. The van der Waals surface area contributed by atoms with Crippen molar-refractivity contribution in [2.45, 2.75) is 82.2 Å². The number of hydrogen-bond acceptors (Lipinski definition) is 14. The Balaban J connectivity index is 1.38. The summed E-state index contributed by atoms with van der Waals surface area (Å²) in [4.78, 5) is 26.5. The smallest absolute Gasteiger partial charge is 0.348 e. The lowest BCUT2D eigenvalue weighted by atomic mass is 9.95. The molecule has 5 N–H and O–H groups in total. The zero-order chi connectivity index (χ0) is 32.8. The van der Waals surface area contributed by atoms with Crippen molar-refractivity contribution in [2.24, 2.45) is 0 Å². The number of phenols is 1. The fraction of sp³-hybridized carbons (Fsp3) is 0.438. The van der Waals surface area contributed by atoms with Crippen molar-refractivity contribution in [1.82, 2.24) is 0 Å². The van der Waals surface area contributed by atoms with E-state index in [1.807, 2.05) is 0 Å². The van der Waals surface area contributed by atoms with Gasteiger partial charge in [0.05, 0.1) is 23.0 Å². The molecule has 14 heteroatoms. The summed E-state index contributed by atoms with van der Waals surface area (Å²) < 4.78 is 40.4. The molecule has 0 radical (unpaired) electrons. The average molecular weight is 641 g/mol. The van der Waals surface area contributed by atoms with E-state index in [2.05, 4.69) is 0 Å². The van der Waals surface area contributed by atoms with E-state index < -0.39 is 78.4 Å². The molecule has 46 heavy (non-hydrogen) atoms. The van der Waals surface area contributed by atoms with Crippen molar-refractivity contribution < 1.29 is 58.1 Å². The molecule has 10 atom stereocenters. The number of aliphatic hydroxyl groups excluding tert-OH is 4. The number of aromatic hydroxyl groups is 1. The molecule has 0 saturated carbocycles. The lowest BCUT2D eigenvalue weighted by molar-refractivity contribution is -0.353. The van der Waals surface area contributed by atoms with Gasteiger partial charge in [0.1, 0.15) is 53.0 Å². The third-order valence-electron chi connectivity index (χ3n) is 9.03. The van der Waals surface area contributed by atoms with E-state index in [1.54, 1.807) is 26.0 Å². The molecule has 0 bridgehead atoms. The quantitative estimate of drug-likeness (QED) is 0.104. The van der Waals surface area contributed by atoms with E-state index >= 15 is 0 Å².